The van der Waals surface area contributed by atoms with Crippen molar-refractivity contribution in [1.82, 2.24) is 10.3 Å². The quantitative estimate of drug-likeness (QED) is 0.534. The number of aromatic amines is 1. The average molecular weight is 435 g/mol. The van der Waals surface area contributed by atoms with Crippen molar-refractivity contribution in [3.63, 3.8) is 0 Å². The third kappa shape index (κ3) is 3.50. The number of rotatable bonds is 5. The summed E-state index contributed by atoms with van der Waals surface area (Å²) >= 11 is 0. The number of H-pyrrole nitrogens is 1. The summed E-state index contributed by atoms with van der Waals surface area (Å²) in [7, 11) is 0. The lowest BCUT2D eigenvalue weighted by Crippen LogP contribution is -2.39. The zero-order chi connectivity index (χ0) is 21.7. The number of carbonyl (C=O) groups excluding carboxylic acids is 1. The third-order valence-corrected chi connectivity index (χ3v) is 6.90. The molecule has 166 valence electrons. The first-order valence-corrected chi connectivity index (χ1v) is 11.4. The van der Waals surface area contributed by atoms with E-state index < -0.39 is 0 Å². The maximum absolute atomic E-state index is 13.7. The van der Waals surface area contributed by atoms with Crippen LogP contribution in [-0.4, -0.2) is 36.7 Å². The molecule has 3 aliphatic rings. The van der Waals surface area contributed by atoms with Gasteiger partial charge in [0.15, 0.2) is 11.5 Å². The van der Waals surface area contributed by atoms with E-state index in [1.807, 2.05) is 18.2 Å². The molecule has 0 spiro atoms. The van der Waals surface area contributed by atoms with Crippen molar-refractivity contribution >= 4 is 22.5 Å². The van der Waals surface area contributed by atoms with E-state index >= 15 is 0 Å². The smallest absolute Gasteiger partial charge is 0.229 e. The van der Waals surface area contributed by atoms with Gasteiger partial charge < -0.3 is 25.1 Å². The molecule has 32 heavy (non-hydrogen) atoms. The van der Waals surface area contributed by atoms with Gasteiger partial charge in [-0.25, -0.2) is 4.39 Å². The second-order valence-electron chi connectivity index (χ2n) is 9.07. The van der Waals surface area contributed by atoms with E-state index in [1.165, 1.54) is 17.3 Å². The number of amides is 1. The Kier molecular flexibility index (Phi) is 4.79. The predicted molar refractivity (Wildman–Crippen MR) is 120 cm³/mol. The highest BCUT2D eigenvalue weighted by molar-refractivity contribution is 6.00. The van der Waals surface area contributed by atoms with Gasteiger partial charge in [-0.15, -0.1) is 0 Å². The van der Waals surface area contributed by atoms with E-state index in [9.17, 15) is 9.18 Å². The molecular formula is C25H26FN3O3. The molecule has 7 heteroatoms. The average Bonchev–Trinajstić information content (AvgIpc) is 3.35. The molecule has 2 atom stereocenters. The lowest BCUT2D eigenvalue weighted by Gasteiger charge is -2.28. The molecule has 3 aromatic rings. The Morgan fingerprint density at radius 2 is 2.12 bits per heavy atom. The monoisotopic (exact) mass is 435 g/mol. The van der Waals surface area contributed by atoms with E-state index in [0.29, 0.717) is 37.0 Å². The molecule has 2 unspecified atom stereocenters. The second-order valence-corrected chi connectivity index (χ2v) is 9.07. The molecule has 1 aliphatic carbocycles. The van der Waals surface area contributed by atoms with Gasteiger partial charge in [0.25, 0.3) is 0 Å². The summed E-state index contributed by atoms with van der Waals surface area (Å²) in [4.78, 5) is 15.1. The molecule has 1 aromatic heterocycles. The van der Waals surface area contributed by atoms with Gasteiger partial charge in [0.2, 0.25) is 5.91 Å². The number of hydrogen-bond acceptors (Lipinski definition) is 4. The molecule has 2 aromatic carbocycles. The van der Waals surface area contributed by atoms with Crippen molar-refractivity contribution in [2.24, 2.45) is 5.92 Å². The number of fused-ring (bicyclic) bond motifs is 6. The van der Waals surface area contributed by atoms with Crippen molar-refractivity contribution in [3.05, 3.63) is 53.0 Å². The minimum Gasteiger partial charge on any atom is -0.485 e. The van der Waals surface area contributed by atoms with Gasteiger partial charge in [0, 0.05) is 34.4 Å². The van der Waals surface area contributed by atoms with Gasteiger partial charge in [-0.05, 0) is 74.0 Å². The highest BCUT2D eigenvalue weighted by Crippen LogP contribution is 2.41. The maximum atomic E-state index is 13.7. The van der Waals surface area contributed by atoms with Crippen LogP contribution in [0.2, 0.25) is 0 Å². The fourth-order valence-corrected chi connectivity index (χ4v) is 5.27. The Balaban J connectivity index is 1.02. The van der Waals surface area contributed by atoms with Crippen molar-refractivity contribution in [2.45, 2.75) is 38.2 Å². The summed E-state index contributed by atoms with van der Waals surface area (Å²) in [6.45, 7) is 2.09. The number of ether oxygens (including phenoxy) is 2. The first-order valence-electron chi connectivity index (χ1n) is 11.4. The zero-order valence-corrected chi connectivity index (χ0v) is 17.8. The van der Waals surface area contributed by atoms with E-state index in [2.05, 4.69) is 15.6 Å². The first-order chi connectivity index (χ1) is 15.6. The molecule has 1 amide bonds. The predicted octanol–water partition coefficient (Wildman–Crippen LogP) is 3.73. The van der Waals surface area contributed by atoms with Gasteiger partial charge in [0.1, 0.15) is 18.5 Å². The van der Waals surface area contributed by atoms with Gasteiger partial charge in [-0.1, -0.05) is 0 Å². The number of benzene rings is 2. The SMILES string of the molecule is O=C1Cc2c(ccc3c2OCC(CNCCC2CCc4[nH]c5ccc(F)cc5c4C2)O3)N1. The molecule has 2 aliphatic heterocycles. The molecule has 6 rings (SSSR count). The normalized spacial score (nSPS) is 21.3. The number of nitrogens with one attached hydrogen (secondary N) is 3. The molecule has 3 heterocycles. The Labute approximate surface area is 185 Å². The van der Waals surface area contributed by atoms with Gasteiger partial charge in [0.05, 0.1) is 6.42 Å². The van der Waals surface area contributed by atoms with Crippen LogP contribution in [0.1, 0.15) is 29.7 Å². The Morgan fingerprint density at radius 1 is 1.19 bits per heavy atom. The molecule has 0 radical (unpaired) electrons. The van der Waals surface area contributed by atoms with E-state index in [4.69, 9.17) is 9.47 Å². The van der Waals surface area contributed by atoms with Crippen LogP contribution >= 0.6 is 0 Å². The lowest BCUT2D eigenvalue weighted by molar-refractivity contribution is -0.115. The topological polar surface area (TPSA) is 75.4 Å². The van der Waals surface area contributed by atoms with E-state index in [0.717, 1.165) is 54.4 Å². The highest BCUT2D eigenvalue weighted by Gasteiger charge is 2.29. The summed E-state index contributed by atoms with van der Waals surface area (Å²) in [6.07, 6.45) is 4.53. The van der Waals surface area contributed by atoms with E-state index in [-0.39, 0.29) is 17.8 Å². The molecule has 0 saturated heterocycles. The van der Waals surface area contributed by atoms with Gasteiger partial charge in [-0.3, -0.25) is 4.79 Å². The molecule has 0 fully saturated rings. The Morgan fingerprint density at radius 3 is 3.06 bits per heavy atom. The van der Waals surface area contributed by atoms with Gasteiger partial charge in [-0.2, -0.15) is 0 Å². The third-order valence-electron chi connectivity index (χ3n) is 6.90. The lowest BCUT2D eigenvalue weighted by atomic mass is 9.84. The maximum Gasteiger partial charge on any atom is 0.229 e. The number of aryl methyl sites for hydroxylation is 1. The molecule has 3 N–H and O–H groups in total. The number of halogens is 1. The summed E-state index contributed by atoms with van der Waals surface area (Å²) in [5, 5.41) is 7.39. The molecular weight excluding hydrogens is 409 g/mol. The number of aromatic nitrogens is 1. The number of carbonyl (C=O) groups is 1. The Bertz CT molecular complexity index is 1200. The summed E-state index contributed by atoms with van der Waals surface area (Å²) in [6, 6.07) is 8.77. The largest absolute Gasteiger partial charge is 0.485 e. The van der Waals surface area contributed by atoms with Crippen LogP contribution in [0.3, 0.4) is 0 Å². The van der Waals surface area contributed by atoms with Gasteiger partial charge >= 0.3 is 0 Å². The molecule has 0 saturated carbocycles. The van der Waals surface area contributed by atoms with Crippen LogP contribution in [0.25, 0.3) is 10.9 Å². The van der Waals surface area contributed by atoms with Crippen LogP contribution in [0.15, 0.2) is 30.3 Å². The highest BCUT2D eigenvalue weighted by atomic mass is 19.1. The van der Waals surface area contributed by atoms with Crippen LogP contribution < -0.4 is 20.1 Å². The summed E-state index contributed by atoms with van der Waals surface area (Å²) in [5.74, 6) is 1.82. The Hall–Kier alpha value is -3.06. The fourth-order valence-electron chi connectivity index (χ4n) is 5.27. The van der Waals surface area contributed by atoms with Crippen LogP contribution in [0.4, 0.5) is 10.1 Å². The minimum absolute atomic E-state index is 0.00612. The summed E-state index contributed by atoms with van der Waals surface area (Å²) in [5.41, 5.74) is 5.31. The van der Waals surface area contributed by atoms with E-state index in [1.54, 1.807) is 6.07 Å². The molecule has 0 bridgehead atoms. The standard InChI is InChI=1S/C25H26FN3O3/c26-15-2-4-21-18(10-15)17-9-14(1-3-20(17)28-21)7-8-27-12-16-13-31-25-19-11-24(30)29-22(19)5-6-23(25)32-16/h2,4-6,10,14,16,27-28H,1,3,7-9,11-13H2,(H,29,30). The number of hydrogen-bond donors (Lipinski definition) is 3. The fraction of sp³-hybridized carbons (Fsp3) is 0.400. The van der Waals surface area contributed by atoms with Crippen molar-refractivity contribution in [3.8, 4) is 11.5 Å². The second kappa shape index (κ2) is 7.81. The molecule has 6 nitrogen and oxygen atoms in total. The zero-order valence-electron chi connectivity index (χ0n) is 17.8. The van der Waals surface area contributed by atoms with Crippen molar-refractivity contribution < 1.29 is 18.7 Å². The van der Waals surface area contributed by atoms with Crippen LogP contribution in [0, 0.1) is 11.7 Å². The van der Waals surface area contributed by atoms with Crippen molar-refractivity contribution in [1.29, 1.82) is 0 Å². The minimum atomic E-state index is -0.174. The van der Waals surface area contributed by atoms with Crippen LogP contribution in [0.5, 0.6) is 11.5 Å². The summed E-state index contributed by atoms with van der Waals surface area (Å²) < 4.78 is 25.8. The van der Waals surface area contributed by atoms with Crippen LogP contribution in [-0.2, 0) is 24.1 Å². The first kappa shape index (κ1) is 19.6. The van der Waals surface area contributed by atoms with Crippen molar-refractivity contribution in [2.75, 3.05) is 25.0 Å². The number of anilines is 1.